The fourth-order valence-corrected chi connectivity index (χ4v) is 7.14. The Balaban J connectivity index is 1.24. The minimum absolute atomic E-state index is 0.149. The second kappa shape index (κ2) is 13.8. The van der Waals surface area contributed by atoms with E-state index in [1.54, 1.807) is 12.4 Å². The molecular formula is C48H45N5O2. The molecule has 4 aromatic carbocycles. The molecule has 55 heavy (non-hydrogen) atoms. The van der Waals surface area contributed by atoms with E-state index >= 15 is 0 Å². The van der Waals surface area contributed by atoms with E-state index in [2.05, 4.69) is 143 Å². The summed E-state index contributed by atoms with van der Waals surface area (Å²) in [6.07, 6.45) is 7.23. The van der Waals surface area contributed by atoms with Crippen LogP contribution < -0.4 is 9.47 Å². The van der Waals surface area contributed by atoms with Crippen molar-refractivity contribution in [1.82, 2.24) is 24.5 Å². The summed E-state index contributed by atoms with van der Waals surface area (Å²) in [6.45, 7) is 17.4. The molecule has 8 rings (SSSR count). The number of ether oxygens (including phenoxy) is 2. The highest BCUT2D eigenvalue weighted by Crippen LogP contribution is 2.42. The van der Waals surface area contributed by atoms with Gasteiger partial charge in [0.1, 0.15) is 23.0 Å². The van der Waals surface area contributed by atoms with Crippen molar-refractivity contribution in [3.05, 3.63) is 150 Å². The number of aryl methyl sites for hydroxylation is 2. The van der Waals surface area contributed by atoms with Crippen LogP contribution >= 0.6 is 0 Å². The number of benzene rings is 4. The van der Waals surface area contributed by atoms with Crippen LogP contribution in [0.15, 0.2) is 128 Å². The first-order valence-electron chi connectivity index (χ1n) is 18.7. The van der Waals surface area contributed by atoms with Crippen molar-refractivity contribution < 1.29 is 9.47 Å². The molecule has 8 aromatic rings. The molecule has 0 saturated heterocycles. The van der Waals surface area contributed by atoms with E-state index in [4.69, 9.17) is 19.4 Å². The fourth-order valence-electron chi connectivity index (χ4n) is 7.14. The van der Waals surface area contributed by atoms with Crippen LogP contribution in [0.25, 0.3) is 50.3 Å². The first-order valence-corrected chi connectivity index (χ1v) is 18.7. The largest absolute Gasteiger partial charge is 0.457 e. The van der Waals surface area contributed by atoms with Crippen molar-refractivity contribution >= 4 is 21.8 Å². The van der Waals surface area contributed by atoms with Crippen molar-refractivity contribution in [2.75, 3.05) is 0 Å². The number of aromatic nitrogens is 5. The third-order valence-corrected chi connectivity index (χ3v) is 9.92. The van der Waals surface area contributed by atoms with Crippen LogP contribution in [0, 0.1) is 13.8 Å². The van der Waals surface area contributed by atoms with Gasteiger partial charge in [-0.15, -0.1) is 0 Å². The Hall–Kier alpha value is -6.34. The van der Waals surface area contributed by atoms with E-state index in [0.717, 1.165) is 78.1 Å². The summed E-state index contributed by atoms with van der Waals surface area (Å²) in [5.41, 5.74) is 9.90. The summed E-state index contributed by atoms with van der Waals surface area (Å²) in [5, 5.41) is 2.11. The molecule has 4 aromatic heterocycles. The molecule has 4 heterocycles. The Morgan fingerprint density at radius 3 is 1.35 bits per heavy atom. The first kappa shape index (κ1) is 35.7. The molecule has 7 heteroatoms. The van der Waals surface area contributed by atoms with Gasteiger partial charge in [-0.1, -0.05) is 65.8 Å². The molecule has 0 aliphatic heterocycles. The van der Waals surface area contributed by atoms with Crippen molar-refractivity contribution in [1.29, 1.82) is 0 Å². The second-order valence-corrected chi connectivity index (χ2v) is 16.3. The van der Waals surface area contributed by atoms with E-state index < -0.39 is 0 Å². The molecule has 0 radical (unpaired) electrons. The van der Waals surface area contributed by atoms with Crippen LogP contribution in [-0.4, -0.2) is 24.5 Å². The molecule has 0 aliphatic rings. The first-order chi connectivity index (χ1) is 26.3. The molecule has 274 valence electrons. The van der Waals surface area contributed by atoms with Gasteiger partial charge in [0.2, 0.25) is 5.95 Å². The SMILES string of the molecule is Cc1ccnc(-c2ccc(C(C)(C)C)c(Oc3ccc4c5ccc(Oc6cc(-c7cc(C)ccn7)ccc6C(C)(C)C)cc5n(-c5ncccn5)c4c3)c2)c1. The zero-order chi connectivity index (χ0) is 38.5. The molecule has 0 bridgehead atoms. The summed E-state index contributed by atoms with van der Waals surface area (Å²) < 4.78 is 15.7. The molecule has 0 atom stereocenters. The van der Waals surface area contributed by atoms with Gasteiger partial charge < -0.3 is 9.47 Å². The Bertz CT molecular complexity index is 2540. The zero-order valence-corrected chi connectivity index (χ0v) is 32.7. The van der Waals surface area contributed by atoms with Crippen LogP contribution in [0.4, 0.5) is 0 Å². The molecule has 0 N–H and O–H groups in total. The highest BCUT2D eigenvalue weighted by Gasteiger charge is 2.23. The lowest BCUT2D eigenvalue weighted by Gasteiger charge is -2.23. The van der Waals surface area contributed by atoms with E-state index in [9.17, 15) is 0 Å². The summed E-state index contributed by atoms with van der Waals surface area (Å²) in [4.78, 5) is 18.7. The quantitative estimate of drug-likeness (QED) is 0.163. The predicted molar refractivity (Wildman–Crippen MR) is 223 cm³/mol. The Morgan fingerprint density at radius 1 is 0.473 bits per heavy atom. The number of hydrogen-bond donors (Lipinski definition) is 0. The lowest BCUT2D eigenvalue weighted by molar-refractivity contribution is 0.455. The standard InChI is InChI=1S/C48H45N5O2/c1-30-18-22-49-40(24-30)32-10-16-38(47(3,4)5)44(26-32)54-34-12-14-36-37-15-13-35(29-43(37)53(42(36)28-34)46-51-20-9-21-52-46)55-45-27-33(11-17-39(45)48(6,7)8)41-25-31(2)19-23-50-41/h9-29H,1-8H3. The van der Waals surface area contributed by atoms with E-state index in [-0.39, 0.29) is 10.8 Å². The number of rotatable bonds is 7. The highest BCUT2D eigenvalue weighted by atomic mass is 16.5. The molecule has 0 amide bonds. The lowest BCUT2D eigenvalue weighted by atomic mass is 9.85. The average molecular weight is 724 g/mol. The van der Waals surface area contributed by atoms with Crippen molar-refractivity contribution in [2.24, 2.45) is 0 Å². The molecule has 0 saturated carbocycles. The van der Waals surface area contributed by atoms with Crippen LogP contribution in [0.5, 0.6) is 23.0 Å². The summed E-state index contributed by atoms with van der Waals surface area (Å²) in [6, 6.07) is 35.3. The summed E-state index contributed by atoms with van der Waals surface area (Å²) >= 11 is 0. The van der Waals surface area contributed by atoms with Gasteiger partial charge in [0, 0.05) is 69.9 Å². The smallest absolute Gasteiger partial charge is 0.234 e. The monoisotopic (exact) mass is 723 g/mol. The average Bonchev–Trinajstić information content (AvgIpc) is 3.47. The van der Waals surface area contributed by atoms with E-state index in [0.29, 0.717) is 17.4 Å². The zero-order valence-electron chi connectivity index (χ0n) is 32.7. The van der Waals surface area contributed by atoms with Gasteiger partial charge in [-0.05, 0) is 103 Å². The number of pyridine rings is 2. The maximum atomic E-state index is 6.81. The minimum Gasteiger partial charge on any atom is -0.457 e. The van der Waals surface area contributed by atoms with Crippen molar-refractivity contribution in [2.45, 2.75) is 66.2 Å². The van der Waals surface area contributed by atoms with E-state index in [1.807, 2.05) is 42.7 Å². The van der Waals surface area contributed by atoms with Crippen molar-refractivity contribution in [3.63, 3.8) is 0 Å². The van der Waals surface area contributed by atoms with Crippen LogP contribution in [-0.2, 0) is 10.8 Å². The van der Waals surface area contributed by atoms with Gasteiger partial charge >= 0.3 is 0 Å². The van der Waals surface area contributed by atoms with Crippen LogP contribution in [0.1, 0.15) is 63.8 Å². The predicted octanol–water partition coefficient (Wildman–Crippen LogP) is 12.5. The molecule has 0 spiro atoms. The molecule has 0 unspecified atom stereocenters. The van der Waals surface area contributed by atoms with Gasteiger partial charge in [0.15, 0.2) is 0 Å². The third kappa shape index (κ3) is 7.18. The van der Waals surface area contributed by atoms with E-state index in [1.165, 1.54) is 0 Å². The third-order valence-electron chi connectivity index (χ3n) is 9.92. The lowest BCUT2D eigenvalue weighted by Crippen LogP contribution is -2.12. The van der Waals surface area contributed by atoms with Gasteiger partial charge in [-0.25, -0.2) is 9.97 Å². The van der Waals surface area contributed by atoms with Crippen molar-refractivity contribution in [3.8, 4) is 51.5 Å². The van der Waals surface area contributed by atoms with Gasteiger partial charge in [0.25, 0.3) is 0 Å². The molecule has 0 aliphatic carbocycles. The second-order valence-electron chi connectivity index (χ2n) is 16.3. The molecule has 7 nitrogen and oxygen atoms in total. The fraction of sp³-hybridized carbons (Fsp3) is 0.208. The topological polar surface area (TPSA) is 75.0 Å². The summed E-state index contributed by atoms with van der Waals surface area (Å²) in [7, 11) is 0. The Kier molecular flexibility index (Phi) is 8.96. The van der Waals surface area contributed by atoms with Gasteiger partial charge in [-0.2, -0.15) is 0 Å². The normalized spacial score (nSPS) is 12.0. The number of nitrogens with zero attached hydrogens (tertiary/aromatic N) is 5. The Labute approximate surface area is 322 Å². The van der Waals surface area contributed by atoms with Crippen LogP contribution in [0.2, 0.25) is 0 Å². The maximum absolute atomic E-state index is 6.81. The molecular weight excluding hydrogens is 679 g/mol. The number of fused-ring (bicyclic) bond motifs is 3. The Morgan fingerprint density at radius 2 is 0.927 bits per heavy atom. The molecule has 0 fully saturated rings. The van der Waals surface area contributed by atoms with Crippen LogP contribution in [0.3, 0.4) is 0 Å². The maximum Gasteiger partial charge on any atom is 0.234 e. The summed E-state index contributed by atoms with van der Waals surface area (Å²) in [5.74, 6) is 3.56. The van der Waals surface area contributed by atoms with Gasteiger partial charge in [0.05, 0.1) is 22.4 Å². The number of hydrogen-bond acceptors (Lipinski definition) is 6. The van der Waals surface area contributed by atoms with Gasteiger partial charge in [-0.3, -0.25) is 14.5 Å². The highest BCUT2D eigenvalue weighted by molar-refractivity contribution is 6.09. The minimum atomic E-state index is -0.149.